The van der Waals surface area contributed by atoms with Gasteiger partial charge in [-0.25, -0.2) is 13.1 Å². The number of carbonyl (C=O) groups is 1. The summed E-state index contributed by atoms with van der Waals surface area (Å²) in [5.41, 5.74) is 0.0951. The van der Waals surface area contributed by atoms with Crippen LogP contribution < -0.4 is 18.9 Å². The Hall–Kier alpha value is -2.74. The number of hydrogen-bond acceptors (Lipinski definition) is 6. The molecule has 0 saturated heterocycles. The van der Waals surface area contributed by atoms with Gasteiger partial charge in [-0.15, -0.1) is 0 Å². The maximum Gasteiger partial charge on any atom is 0.265 e. The molecule has 2 rings (SSSR count). The molecule has 0 saturated carbocycles. The topological polar surface area (TPSA) is 90.9 Å². The van der Waals surface area contributed by atoms with E-state index in [2.05, 4.69) is 0 Å². The van der Waals surface area contributed by atoms with Crippen LogP contribution in [0.25, 0.3) is 0 Å². The van der Waals surface area contributed by atoms with Gasteiger partial charge >= 0.3 is 0 Å². The SMILES string of the molecule is COc1cc(OC)cc(C(=O)NS(=O)(=O)c2cccc(OC)c2)c1. The summed E-state index contributed by atoms with van der Waals surface area (Å²) in [5, 5.41) is 0. The number of carbonyl (C=O) groups excluding carboxylic acids is 1. The molecule has 2 aromatic rings. The number of sulfonamides is 1. The minimum atomic E-state index is -4.04. The van der Waals surface area contributed by atoms with Crippen LogP contribution in [0.2, 0.25) is 0 Å². The molecule has 0 aromatic heterocycles. The Labute approximate surface area is 140 Å². The first-order valence-electron chi connectivity index (χ1n) is 6.84. The first-order valence-corrected chi connectivity index (χ1v) is 8.32. The zero-order valence-electron chi connectivity index (χ0n) is 13.4. The van der Waals surface area contributed by atoms with Crippen molar-refractivity contribution in [1.29, 1.82) is 0 Å². The first-order chi connectivity index (χ1) is 11.4. The summed E-state index contributed by atoms with van der Waals surface area (Å²) < 4.78 is 41.8. The van der Waals surface area contributed by atoms with Gasteiger partial charge in [-0.3, -0.25) is 4.79 Å². The van der Waals surface area contributed by atoms with Gasteiger partial charge in [-0.2, -0.15) is 0 Å². The zero-order valence-corrected chi connectivity index (χ0v) is 14.2. The number of nitrogens with one attached hydrogen (secondary N) is 1. The molecule has 0 radical (unpaired) electrons. The van der Waals surface area contributed by atoms with Gasteiger partial charge in [0.15, 0.2) is 0 Å². The third-order valence-electron chi connectivity index (χ3n) is 3.19. The third kappa shape index (κ3) is 3.96. The zero-order chi connectivity index (χ0) is 17.7. The van der Waals surface area contributed by atoms with E-state index in [9.17, 15) is 13.2 Å². The Bertz CT molecular complexity index is 825. The van der Waals surface area contributed by atoms with Crippen molar-refractivity contribution >= 4 is 15.9 Å². The molecule has 8 heteroatoms. The van der Waals surface area contributed by atoms with Gasteiger partial charge in [0.05, 0.1) is 26.2 Å². The second-order valence-corrected chi connectivity index (χ2v) is 6.40. The van der Waals surface area contributed by atoms with Crippen molar-refractivity contribution in [2.24, 2.45) is 0 Å². The quantitative estimate of drug-likeness (QED) is 0.854. The standard InChI is InChI=1S/C16H17NO6S/c1-21-12-5-4-6-15(10-12)24(19,20)17-16(18)11-7-13(22-2)9-14(8-11)23-3/h4-10H,1-3H3,(H,17,18). The van der Waals surface area contributed by atoms with E-state index < -0.39 is 15.9 Å². The smallest absolute Gasteiger partial charge is 0.265 e. The van der Waals surface area contributed by atoms with Crippen LogP contribution in [-0.2, 0) is 10.0 Å². The predicted molar refractivity (Wildman–Crippen MR) is 87.2 cm³/mol. The molecule has 1 N–H and O–H groups in total. The fourth-order valence-corrected chi connectivity index (χ4v) is 2.96. The van der Waals surface area contributed by atoms with E-state index >= 15 is 0 Å². The highest BCUT2D eigenvalue weighted by Crippen LogP contribution is 2.23. The summed E-state index contributed by atoms with van der Waals surface area (Å²) in [6, 6.07) is 10.2. The summed E-state index contributed by atoms with van der Waals surface area (Å²) in [6.07, 6.45) is 0. The second-order valence-electron chi connectivity index (χ2n) is 4.71. The lowest BCUT2D eigenvalue weighted by Crippen LogP contribution is -2.30. The number of benzene rings is 2. The molecule has 0 aliphatic carbocycles. The molecule has 0 spiro atoms. The molecule has 2 aromatic carbocycles. The molecular weight excluding hydrogens is 334 g/mol. The largest absolute Gasteiger partial charge is 0.497 e. The van der Waals surface area contributed by atoms with Crippen LogP contribution in [0.15, 0.2) is 47.4 Å². The third-order valence-corrected chi connectivity index (χ3v) is 4.52. The maximum absolute atomic E-state index is 12.3. The van der Waals surface area contributed by atoms with Gasteiger partial charge in [0, 0.05) is 17.7 Å². The molecule has 0 aliphatic rings. The van der Waals surface area contributed by atoms with Gasteiger partial charge in [0.1, 0.15) is 17.2 Å². The maximum atomic E-state index is 12.3. The molecule has 0 heterocycles. The minimum Gasteiger partial charge on any atom is -0.497 e. The molecule has 0 bridgehead atoms. The van der Waals surface area contributed by atoms with Gasteiger partial charge in [0.2, 0.25) is 0 Å². The van der Waals surface area contributed by atoms with E-state index in [0.29, 0.717) is 17.2 Å². The van der Waals surface area contributed by atoms with Crippen molar-refractivity contribution in [2.45, 2.75) is 4.90 Å². The Morgan fingerprint density at radius 1 is 0.875 bits per heavy atom. The van der Waals surface area contributed by atoms with Crippen molar-refractivity contribution in [3.63, 3.8) is 0 Å². The Morgan fingerprint density at radius 2 is 1.46 bits per heavy atom. The van der Waals surface area contributed by atoms with E-state index in [1.165, 1.54) is 51.7 Å². The predicted octanol–water partition coefficient (Wildman–Crippen LogP) is 1.83. The number of amides is 1. The summed E-state index contributed by atoms with van der Waals surface area (Å²) >= 11 is 0. The fourth-order valence-electron chi connectivity index (χ4n) is 1.95. The molecule has 0 aliphatic heterocycles. The highest BCUT2D eigenvalue weighted by Gasteiger charge is 2.20. The molecule has 0 atom stereocenters. The number of hydrogen-bond donors (Lipinski definition) is 1. The van der Waals surface area contributed by atoms with Crippen LogP contribution in [0, 0.1) is 0 Å². The van der Waals surface area contributed by atoms with E-state index in [-0.39, 0.29) is 10.5 Å². The van der Waals surface area contributed by atoms with Gasteiger partial charge in [0.25, 0.3) is 15.9 Å². The van der Waals surface area contributed by atoms with E-state index in [1.54, 1.807) is 12.1 Å². The normalized spacial score (nSPS) is 10.8. The van der Waals surface area contributed by atoms with E-state index in [4.69, 9.17) is 14.2 Å². The lowest BCUT2D eigenvalue weighted by molar-refractivity contribution is 0.0980. The van der Waals surface area contributed by atoms with Gasteiger partial charge in [-0.05, 0) is 24.3 Å². The molecule has 7 nitrogen and oxygen atoms in total. The highest BCUT2D eigenvalue weighted by molar-refractivity contribution is 7.90. The van der Waals surface area contributed by atoms with Gasteiger partial charge < -0.3 is 14.2 Å². The minimum absolute atomic E-state index is 0.0786. The Balaban J connectivity index is 2.31. The molecule has 0 fully saturated rings. The Kier molecular flexibility index (Phi) is 5.30. The fraction of sp³-hybridized carbons (Fsp3) is 0.188. The Morgan fingerprint density at radius 3 is 2.00 bits per heavy atom. The van der Waals surface area contributed by atoms with Crippen molar-refractivity contribution in [1.82, 2.24) is 4.72 Å². The van der Waals surface area contributed by atoms with Crippen LogP contribution in [0.3, 0.4) is 0 Å². The summed E-state index contributed by atoms with van der Waals surface area (Å²) in [7, 11) is 0.251. The second kappa shape index (κ2) is 7.22. The van der Waals surface area contributed by atoms with Crippen LogP contribution in [0.4, 0.5) is 0 Å². The summed E-state index contributed by atoms with van der Waals surface area (Å²) in [5.74, 6) is 0.319. The van der Waals surface area contributed by atoms with Crippen molar-refractivity contribution in [2.75, 3.05) is 21.3 Å². The highest BCUT2D eigenvalue weighted by atomic mass is 32.2. The molecule has 0 unspecified atom stereocenters. The molecule has 1 amide bonds. The van der Waals surface area contributed by atoms with Crippen LogP contribution >= 0.6 is 0 Å². The van der Waals surface area contributed by atoms with Gasteiger partial charge in [-0.1, -0.05) is 6.07 Å². The van der Waals surface area contributed by atoms with Crippen LogP contribution in [-0.4, -0.2) is 35.7 Å². The number of ether oxygens (including phenoxy) is 3. The van der Waals surface area contributed by atoms with Crippen molar-refractivity contribution < 1.29 is 27.4 Å². The lowest BCUT2D eigenvalue weighted by Gasteiger charge is -2.10. The molecule has 24 heavy (non-hydrogen) atoms. The van der Waals surface area contributed by atoms with Crippen molar-refractivity contribution in [3.05, 3.63) is 48.0 Å². The lowest BCUT2D eigenvalue weighted by atomic mass is 10.2. The van der Waals surface area contributed by atoms with Crippen LogP contribution in [0.5, 0.6) is 17.2 Å². The average molecular weight is 351 g/mol. The molecular formula is C16H17NO6S. The summed E-state index contributed by atoms with van der Waals surface area (Å²) in [4.78, 5) is 12.2. The van der Waals surface area contributed by atoms with E-state index in [1.807, 2.05) is 4.72 Å². The van der Waals surface area contributed by atoms with Crippen molar-refractivity contribution in [3.8, 4) is 17.2 Å². The monoisotopic (exact) mass is 351 g/mol. The van der Waals surface area contributed by atoms with Crippen LogP contribution in [0.1, 0.15) is 10.4 Å². The molecule has 128 valence electrons. The average Bonchev–Trinajstić information content (AvgIpc) is 2.60. The first kappa shape index (κ1) is 17.6. The number of rotatable bonds is 6. The summed E-state index contributed by atoms with van der Waals surface area (Å²) in [6.45, 7) is 0. The van der Waals surface area contributed by atoms with E-state index in [0.717, 1.165) is 0 Å². The number of methoxy groups -OCH3 is 3.